The molecule has 0 amide bonds. The Balaban J connectivity index is 2.84. The van der Waals surface area contributed by atoms with Crippen LogP contribution in [-0.4, -0.2) is 25.4 Å². The first kappa shape index (κ1) is 10.5. The molecular formula is C10H13ClO2. The summed E-state index contributed by atoms with van der Waals surface area (Å²) >= 11 is 5.97. The molecule has 0 saturated carbocycles. The molecule has 0 saturated heterocycles. The number of hydrogen-bond donors (Lipinski definition) is 1. The highest BCUT2D eigenvalue weighted by Crippen LogP contribution is 2.23. The van der Waals surface area contributed by atoms with Gasteiger partial charge in [-0.1, -0.05) is 29.8 Å². The number of ether oxygens (including phenoxy) is 1. The van der Waals surface area contributed by atoms with Gasteiger partial charge in [0.2, 0.25) is 0 Å². The first-order chi connectivity index (χ1) is 6.29. The molecule has 2 nitrogen and oxygen atoms in total. The van der Waals surface area contributed by atoms with E-state index >= 15 is 0 Å². The molecule has 1 aromatic carbocycles. The van der Waals surface area contributed by atoms with E-state index in [4.69, 9.17) is 21.4 Å². The summed E-state index contributed by atoms with van der Waals surface area (Å²) in [6.07, 6.45) is 0. The number of rotatable bonds is 4. The van der Waals surface area contributed by atoms with Crippen LogP contribution in [0.15, 0.2) is 24.3 Å². The Labute approximate surface area is 83.1 Å². The van der Waals surface area contributed by atoms with Gasteiger partial charge in [0.25, 0.3) is 0 Å². The molecular weight excluding hydrogens is 188 g/mol. The van der Waals surface area contributed by atoms with Crippen LogP contribution in [0.25, 0.3) is 0 Å². The van der Waals surface area contributed by atoms with Gasteiger partial charge in [-0.3, -0.25) is 0 Å². The van der Waals surface area contributed by atoms with Gasteiger partial charge in [-0.15, -0.1) is 0 Å². The standard InChI is InChI=1S/C10H13ClO2/c1-13-7-8(6-12)9-4-2-3-5-10(9)11/h2-5,8,12H,6-7H2,1H3. The minimum absolute atomic E-state index is 0.0290. The summed E-state index contributed by atoms with van der Waals surface area (Å²) in [6.45, 7) is 0.539. The van der Waals surface area contributed by atoms with E-state index in [1.807, 2.05) is 24.3 Å². The normalized spacial score (nSPS) is 12.8. The fraction of sp³-hybridized carbons (Fsp3) is 0.400. The van der Waals surface area contributed by atoms with Gasteiger partial charge < -0.3 is 9.84 Å². The summed E-state index contributed by atoms with van der Waals surface area (Å²) in [6, 6.07) is 7.49. The second-order valence-corrected chi connectivity index (χ2v) is 3.26. The molecule has 0 fully saturated rings. The summed E-state index contributed by atoms with van der Waals surface area (Å²) in [7, 11) is 1.61. The smallest absolute Gasteiger partial charge is 0.0553 e. The molecule has 0 aliphatic heterocycles. The number of methoxy groups -OCH3 is 1. The summed E-state index contributed by atoms with van der Waals surface area (Å²) in [5.74, 6) is -0.0290. The predicted octanol–water partition coefficient (Wildman–Crippen LogP) is 2.06. The fourth-order valence-electron chi connectivity index (χ4n) is 1.25. The summed E-state index contributed by atoms with van der Waals surface area (Å²) in [5, 5.41) is 9.78. The van der Waals surface area contributed by atoms with Crippen LogP contribution in [0.2, 0.25) is 5.02 Å². The third-order valence-electron chi connectivity index (χ3n) is 1.93. The molecule has 3 heteroatoms. The van der Waals surface area contributed by atoms with Crippen molar-refractivity contribution in [1.82, 2.24) is 0 Å². The van der Waals surface area contributed by atoms with Crippen molar-refractivity contribution in [3.8, 4) is 0 Å². The first-order valence-electron chi connectivity index (χ1n) is 4.13. The van der Waals surface area contributed by atoms with Crippen molar-refractivity contribution in [1.29, 1.82) is 0 Å². The second kappa shape index (κ2) is 5.22. The second-order valence-electron chi connectivity index (χ2n) is 2.86. The Bertz CT molecular complexity index is 263. The average Bonchev–Trinajstić information content (AvgIpc) is 2.16. The molecule has 0 spiro atoms. The number of halogens is 1. The Morgan fingerprint density at radius 3 is 2.69 bits per heavy atom. The van der Waals surface area contributed by atoms with Gasteiger partial charge in [-0.2, -0.15) is 0 Å². The van der Waals surface area contributed by atoms with Gasteiger partial charge in [-0.25, -0.2) is 0 Å². The van der Waals surface area contributed by atoms with Crippen molar-refractivity contribution in [3.63, 3.8) is 0 Å². The highest BCUT2D eigenvalue weighted by Gasteiger charge is 2.12. The van der Waals surface area contributed by atoms with Crippen LogP contribution in [0.3, 0.4) is 0 Å². The third kappa shape index (κ3) is 2.69. The van der Waals surface area contributed by atoms with E-state index in [0.717, 1.165) is 5.56 Å². The van der Waals surface area contributed by atoms with Crippen molar-refractivity contribution < 1.29 is 9.84 Å². The van der Waals surface area contributed by atoms with E-state index < -0.39 is 0 Å². The van der Waals surface area contributed by atoms with Gasteiger partial charge in [0.15, 0.2) is 0 Å². The number of benzene rings is 1. The lowest BCUT2D eigenvalue weighted by Gasteiger charge is -2.14. The maximum Gasteiger partial charge on any atom is 0.0553 e. The lowest BCUT2D eigenvalue weighted by atomic mass is 10.0. The summed E-state index contributed by atoms with van der Waals surface area (Å²) < 4.78 is 4.99. The first-order valence-corrected chi connectivity index (χ1v) is 4.51. The van der Waals surface area contributed by atoms with Crippen LogP contribution >= 0.6 is 11.6 Å². The minimum atomic E-state index is -0.0290. The van der Waals surface area contributed by atoms with E-state index in [0.29, 0.717) is 11.6 Å². The van der Waals surface area contributed by atoms with Gasteiger partial charge >= 0.3 is 0 Å². The Hall–Kier alpha value is -0.570. The highest BCUT2D eigenvalue weighted by atomic mass is 35.5. The van der Waals surface area contributed by atoms with Crippen LogP contribution in [0.4, 0.5) is 0 Å². The molecule has 1 rings (SSSR count). The maximum absolute atomic E-state index is 9.10. The van der Waals surface area contributed by atoms with Crippen molar-refractivity contribution >= 4 is 11.6 Å². The van der Waals surface area contributed by atoms with E-state index in [2.05, 4.69) is 0 Å². The molecule has 0 aromatic heterocycles. The Morgan fingerprint density at radius 2 is 2.15 bits per heavy atom. The zero-order chi connectivity index (χ0) is 9.68. The minimum Gasteiger partial charge on any atom is -0.396 e. The molecule has 1 atom stereocenters. The molecule has 1 N–H and O–H groups in total. The van der Waals surface area contributed by atoms with Gasteiger partial charge in [0.05, 0.1) is 13.2 Å². The maximum atomic E-state index is 9.10. The summed E-state index contributed by atoms with van der Waals surface area (Å²) in [5.41, 5.74) is 0.938. The Morgan fingerprint density at radius 1 is 1.46 bits per heavy atom. The lowest BCUT2D eigenvalue weighted by Crippen LogP contribution is -2.11. The molecule has 0 aliphatic rings. The van der Waals surface area contributed by atoms with Crippen molar-refractivity contribution in [2.45, 2.75) is 5.92 Å². The number of aliphatic hydroxyl groups excluding tert-OH is 1. The molecule has 72 valence electrons. The molecule has 13 heavy (non-hydrogen) atoms. The van der Waals surface area contributed by atoms with Crippen LogP contribution in [0.1, 0.15) is 11.5 Å². The van der Waals surface area contributed by atoms with Gasteiger partial charge in [0.1, 0.15) is 0 Å². The van der Waals surface area contributed by atoms with Crippen LogP contribution in [0.5, 0.6) is 0 Å². The van der Waals surface area contributed by atoms with Crippen molar-refractivity contribution in [2.75, 3.05) is 20.3 Å². The number of hydrogen-bond acceptors (Lipinski definition) is 2. The molecule has 0 aliphatic carbocycles. The average molecular weight is 201 g/mol. The van der Waals surface area contributed by atoms with Gasteiger partial charge in [0, 0.05) is 18.1 Å². The topological polar surface area (TPSA) is 29.5 Å². The molecule has 0 bridgehead atoms. The molecule has 0 radical (unpaired) electrons. The van der Waals surface area contributed by atoms with Crippen molar-refractivity contribution in [3.05, 3.63) is 34.9 Å². The highest BCUT2D eigenvalue weighted by molar-refractivity contribution is 6.31. The van der Waals surface area contributed by atoms with Crippen LogP contribution in [-0.2, 0) is 4.74 Å². The quantitative estimate of drug-likeness (QED) is 0.807. The lowest BCUT2D eigenvalue weighted by molar-refractivity contribution is 0.144. The molecule has 1 aromatic rings. The fourth-order valence-corrected chi connectivity index (χ4v) is 1.54. The molecule has 1 unspecified atom stereocenters. The third-order valence-corrected chi connectivity index (χ3v) is 2.28. The van der Waals surface area contributed by atoms with Crippen LogP contribution in [0, 0.1) is 0 Å². The van der Waals surface area contributed by atoms with E-state index in [1.165, 1.54) is 0 Å². The molecule has 0 heterocycles. The number of aliphatic hydroxyl groups is 1. The Kier molecular flexibility index (Phi) is 4.22. The van der Waals surface area contributed by atoms with E-state index in [-0.39, 0.29) is 12.5 Å². The van der Waals surface area contributed by atoms with Crippen molar-refractivity contribution in [2.24, 2.45) is 0 Å². The predicted molar refractivity (Wildman–Crippen MR) is 53.2 cm³/mol. The van der Waals surface area contributed by atoms with E-state index in [1.54, 1.807) is 7.11 Å². The van der Waals surface area contributed by atoms with Crippen LogP contribution < -0.4 is 0 Å². The van der Waals surface area contributed by atoms with Gasteiger partial charge in [-0.05, 0) is 11.6 Å². The van der Waals surface area contributed by atoms with E-state index in [9.17, 15) is 0 Å². The SMILES string of the molecule is COCC(CO)c1ccccc1Cl. The monoisotopic (exact) mass is 200 g/mol. The zero-order valence-corrected chi connectivity index (χ0v) is 8.29. The zero-order valence-electron chi connectivity index (χ0n) is 7.53. The largest absolute Gasteiger partial charge is 0.396 e. The summed E-state index contributed by atoms with van der Waals surface area (Å²) in [4.78, 5) is 0.